The van der Waals surface area contributed by atoms with Crippen molar-refractivity contribution in [3.63, 3.8) is 0 Å². The summed E-state index contributed by atoms with van der Waals surface area (Å²) in [4.78, 5) is 11.1. The Morgan fingerprint density at radius 1 is 1.20 bits per heavy atom. The highest BCUT2D eigenvalue weighted by atomic mass is 32.2. The molecule has 102 valence electrons. The molecule has 0 spiro atoms. The lowest BCUT2D eigenvalue weighted by Gasteiger charge is -2.13. The monoisotopic (exact) mass is 288 g/mol. The van der Waals surface area contributed by atoms with Crippen LogP contribution in [0.1, 0.15) is 0 Å². The summed E-state index contributed by atoms with van der Waals surface area (Å²) in [5, 5.41) is 10.8. The zero-order chi connectivity index (χ0) is 14.1. The summed E-state index contributed by atoms with van der Waals surface area (Å²) < 4.78 is 11.3. The van der Waals surface area contributed by atoms with Crippen molar-refractivity contribution in [3.8, 4) is 5.75 Å². The Morgan fingerprint density at radius 3 is 2.70 bits per heavy atom. The first-order valence-electron chi connectivity index (χ1n) is 6.03. The van der Waals surface area contributed by atoms with Gasteiger partial charge in [0, 0.05) is 5.39 Å². The molecule has 0 fully saturated rings. The van der Waals surface area contributed by atoms with E-state index in [4.69, 9.17) is 14.3 Å². The number of carboxylic acids is 1. The van der Waals surface area contributed by atoms with Crippen LogP contribution in [0.3, 0.4) is 0 Å². The van der Waals surface area contributed by atoms with Crippen LogP contribution in [0.2, 0.25) is 0 Å². The van der Waals surface area contributed by atoms with Crippen LogP contribution in [0.25, 0.3) is 21.9 Å². The molecule has 1 atom stereocenters. The van der Waals surface area contributed by atoms with Gasteiger partial charge in [-0.2, -0.15) is 0 Å². The van der Waals surface area contributed by atoms with Crippen molar-refractivity contribution in [2.45, 2.75) is 5.44 Å². The lowest BCUT2D eigenvalue weighted by atomic mass is 10.1. The molecule has 1 aromatic heterocycles. The number of rotatable bonds is 4. The van der Waals surface area contributed by atoms with Crippen LogP contribution >= 0.6 is 11.8 Å². The van der Waals surface area contributed by atoms with E-state index in [0.29, 0.717) is 11.3 Å². The molecule has 3 rings (SSSR count). The van der Waals surface area contributed by atoms with E-state index in [-0.39, 0.29) is 0 Å². The van der Waals surface area contributed by atoms with Crippen molar-refractivity contribution in [1.82, 2.24) is 0 Å². The van der Waals surface area contributed by atoms with Gasteiger partial charge in [0.25, 0.3) is 0 Å². The molecular formula is C15H12O4S. The van der Waals surface area contributed by atoms with Crippen LogP contribution in [0, 0.1) is 0 Å². The third kappa shape index (κ3) is 2.10. The molecule has 1 unspecified atom stereocenters. The average molecular weight is 288 g/mol. The fourth-order valence-electron chi connectivity index (χ4n) is 2.16. The molecule has 5 heteroatoms. The van der Waals surface area contributed by atoms with Gasteiger partial charge in [-0.05, 0) is 24.5 Å². The van der Waals surface area contributed by atoms with Gasteiger partial charge in [-0.25, -0.2) is 4.79 Å². The summed E-state index contributed by atoms with van der Waals surface area (Å²) in [6.45, 7) is 0. The molecule has 3 aromatic rings. The number of fused-ring (bicyclic) bond motifs is 3. The van der Waals surface area contributed by atoms with Gasteiger partial charge in [0.15, 0.2) is 0 Å². The van der Waals surface area contributed by atoms with Crippen LogP contribution in [0.4, 0.5) is 0 Å². The Hall–Kier alpha value is -2.14. The van der Waals surface area contributed by atoms with Crippen molar-refractivity contribution >= 4 is 39.7 Å². The van der Waals surface area contributed by atoms with Crippen molar-refractivity contribution in [3.05, 3.63) is 42.5 Å². The Kier molecular flexibility index (Phi) is 3.28. The molecule has 0 radical (unpaired) electrons. The summed E-state index contributed by atoms with van der Waals surface area (Å²) in [6, 6.07) is 13.0. The van der Waals surface area contributed by atoms with Gasteiger partial charge in [-0.1, -0.05) is 24.3 Å². The zero-order valence-corrected chi connectivity index (χ0v) is 11.5. The van der Waals surface area contributed by atoms with Gasteiger partial charge in [0.1, 0.15) is 16.9 Å². The Balaban J connectivity index is 2.17. The minimum atomic E-state index is -0.998. The number of ether oxygens (including phenoxy) is 1. The number of benzene rings is 2. The minimum absolute atomic E-state index is 0.522. The van der Waals surface area contributed by atoms with Crippen LogP contribution < -0.4 is 4.74 Å². The second-order valence-corrected chi connectivity index (χ2v) is 5.15. The highest BCUT2D eigenvalue weighted by Crippen LogP contribution is 2.36. The summed E-state index contributed by atoms with van der Waals surface area (Å²) in [7, 11) is 0. The molecule has 2 aromatic carbocycles. The fraction of sp³-hybridized carbons (Fsp3) is 0.133. The number of para-hydroxylation sites is 1. The molecule has 1 N–H and O–H groups in total. The number of aliphatic carboxylic acids is 1. The normalized spacial score (nSPS) is 12.7. The third-order valence-electron chi connectivity index (χ3n) is 3.01. The smallest absolute Gasteiger partial charge is 0.355 e. The molecule has 1 heterocycles. The van der Waals surface area contributed by atoms with Gasteiger partial charge in [0.2, 0.25) is 5.44 Å². The van der Waals surface area contributed by atoms with Gasteiger partial charge in [-0.15, -0.1) is 11.8 Å². The van der Waals surface area contributed by atoms with E-state index in [2.05, 4.69) is 0 Å². The van der Waals surface area contributed by atoms with Gasteiger partial charge in [-0.3, -0.25) is 0 Å². The van der Waals surface area contributed by atoms with Crippen molar-refractivity contribution in [2.24, 2.45) is 0 Å². The summed E-state index contributed by atoms with van der Waals surface area (Å²) >= 11 is 1.14. The standard InChI is InChI=1S/C15H12O4S/c1-20-15(14(16)17)19-12-8-4-7-11-13(12)9-5-2-3-6-10(9)18-11/h2-8,15H,1H3,(H,16,17). The third-order valence-corrected chi connectivity index (χ3v) is 3.74. The Bertz CT molecular complexity index is 778. The van der Waals surface area contributed by atoms with E-state index in [1.54, 1.807) is 18.4 Å². The predicted molar refractivity (Wildman–Crippen MR) is 79.3 cm³/mol. The van der Waals surface area contributed by atoms with E-state index in [0.717, 1.165) is 28.1 Å². The predicted octanol–water partition coefficient (Wildman–Crippen LogP) is 3.74. The summed E-state index contributed by atoms with van der Waals surface area (Å²) in [5.74, 6) is -0.475. The number of hydrogen-bond donors (Lipinski definition) is 1. The molecular weight excluding hydrogens is 276 g/mol. The number of thioether (sulfide) groups is 1. The largest absolute Gasteiger partial charge is 0.478 e. The quantitative estimate of drug-likeness (QED) is 0.741. The number of furan rings is 1. The molecule has 0 saturated carbocycles. The molecule has 4 nitrogen and oxygen atoms in total. The van der Waals surface area contributed by atoms with E-state index in [1.165, 1.54) is 0 Å². The van der Waals surface area contributed by atoms with Crippen molar-refractivity contribution < 1.29 is 19.1 Å². The van der Waals surface area contributed by atoms with Crippen LogP contribution in [0.15, 0.2) is 46.9 Å². The first kappa shape index (κ1) is 12.9. The SMILES string of the molecule is CSC(Oc1cccc2oc3ccccc3c12)C(=O)O. The molecule has 20 heavy (non-hydrogen) atoms. The molecule has 0 aliphatic heterocycles. The average Bonchev–Trinajstić information content (AvgIpc) is 2.83. The number of hydrogen-bond acceptors (Lipinski definition) is 4. The highest BCUT2D eigenvalue weighted by Gasteiger charge is 2.20. The van der Waals surface area contributed by atoms with Gasteiger partial charge >= 0.3 is 5.97 Å². The van der Waals surface area contributed by atoms with E-state index >= 15 is 0 Å². The lowest BCUT2D eigenvalue weighted by Crippen LogP contribution is -2.22. The molecule has 0 aliphatic carbocycles. The molecule has 0 aliphatic rings. The fourth-order valence-corrected chi connectivity index (χ4v) is 2.56. The first-order chi connectivity index (χ1) is 9.70. The second-order valence-electron chi connectivity index (χ2n) is 4.25. The van der Waals surface area contributed by atoms with E-state index in [9.17, 15) is 4.79 Å². The summed E-state index contributed by atoms with van der Waals surface area (Å²) in [6.07, 6.45) is 1.70. The Morgan fingerprint density at radius 2 is 1.95 bits per heavy atom. The van der Waals surface area contributed by atoms with Gasteiger partial charge < -0.3 is 14.3 Å². The summed E-state index contributed by atoms with van der Waals surface area (Å²) in [5.41, 5.74) is 0.512. The topological polar surface area (TPSA) is 59.7 Å². The minimum Gasteiger partial charge on any atom is -0.478 e. The molecule has 0 bridgehead atoms. The lowest BCUT2D eigenvalue weighted by molar-refractivity contribution is -0.140. The van der Waals surface area contributed by atoms with E-state index < -0.39 is 11.4 Å². The maximum Gasteiger partial charge on any atom is 0.355 e. The van der Waals surface area contributed by atoms with E-state index in [1.807, 2.05) is 30.3 Å². The van der Waals surface area contributed by atoms with Gasteiger partial charge in [0.05, 0.1) is 5.39 Å². The number of carboxylic acid groups (broad SMARTS) is 1. The second kappa shape index (κ2) is 5.09. The number of carbonyl (C=O) groups is 1. The van der Waals surface area contributed by atoms with Crippen molar-refractivity contribution in [2.75, 3.05) is 6.26 Å². The van der Waals surface area contributed by atoms with Crippen molar-refractivity contribution in [1.29, 1.82) is 0 Å². The van der Waals surface area contributed by atoms with Crippen LogP contribution in [-0.2, 0) is 4.79 Å². The van der Waals surface area contributed by atoms with Crippen LogP contribution in [0.5, 0.6) is 5.75 Å². The molecule has 0 saturated heterocycles. The highest BCUT2D eigenvalue weighted by molar-refractivity contribution is 7.99. The molecule has 0 amide bonds. The zero-order valence-electron chi connectivity index (χ0n) is 10.7. The maximum atomic E-state index is 11.1. The van der Waals surface area contributed by atoms with Crippen LogP contribution in [-0.4, -0.2) is 22.8 Å². The first-order valence-corrected chi connectivity index (χ1v) is 7.32. The Labute approximate surface area is 119 Å². The maximum absolute atomic E-state index is 11.1.